The monoisotopic (exact) mass is 194 g/mol. The van der Waals surface area contributed by atoms with Crippen LogP contribution in [0.5, 0.6) is 0 Å². The normalized spacial score (nSPS) is 8.43. The zero-order valence-corrected chi connectivity index (χ0v) is 10.2. The minimum absolute atomic E-state index is 0.949. The van der Waals surface area contributed by atoms with Crippen LogP contribution in [-0.2, 0) is 0 Å². The molecular weight excluding hydrogens is 172 g/mol. The highest BCUT2D eigenvalue weighted by Gasteiger charge is 1.90. The average molecular weight is 194 g/mol. The molecule has 0 saturated carbocycles. The summed E-state index contributed by atoms with van der Waals surface area (Å²) in [6.45, 7) is 10.0. The van der Waals surface area contributed by atoms with Crippen molar-refractivity contribution in [3.05, 3.63) is 29.8 Å². The number of azo groups is 1. The van der Waals surface area contributed by atoms with Crippen LogP contribution in [0.25, 0.3) is 0 Å². The van der Waals surface area contributed by atoms with E-state index in [1.807, 2.05) is 58.9 Å². The van der Waals surface area contributed by atoms with Crippen LogP contribution in [-0.4, -0.2) is 7.05 Å². The molecule has 1 rings (SSSR count). The smallest absolute Gasteiger partial charge is 0.0881 e. The number of aryl methyl sites for hydroxylation is 1. The highest BCUT2D eigenvalue weighted by Crippen LogP contribution is 2.16. The van der Waals surface area contributed by atoms with E-state index in [0.29, 0.717) is 0 Å². The first-order valence-corrected chi connectivity index (χ1v) is 5.20. The van der Waals surface area contributed by atoms with Gasteiger partial charge in [0.05, 0.1) is 5.69 Å². The molecule has 0 radical (unpaired) electrons. The standard InChI is InChI=1S/C8H10N2.2C2H6/c1-7-5-3-4-6-8(7)10-9-2;2*1-2/h3-6H,1-2H3;2*1-2H3. The molecule has 2 heteroatoms. The molecule has 0 spiro atoms. The number of benzene rings is 1. The molecule has 80 valence electrons. The summed E-state index contributed by atoms with van der Waals surface area (Å²) in [5, 5.41) is 7.62. The van der Waals surface area contributed by atoms with Gasteiger partial charge in [-0.25, -0.2) is 0 Å². The van der Waals surface area contributed by atoms with Crippen molar-refractivity contribution in [1.29, 1.82) is 0 Å². The molecule has 1 aromatic carbocycles. The van der Waals surface area contributed by atoms with E-state index in [1.54, 1.807) is 7.05 Å². The Morgan fingerprint density at radius 2 is 1.43 bits per heavy atom. The van der Waals surface area contributed by atoms with Crippen molar-refractivity contribution < 1.29 is 0 Å². The van der Waals surface area contributed by atoms with Gasteiger partial charge in [0.15, 0.2) is 0 Å². The molecule has 0 amide bonds. The van der Waals surface area contributed by atoms with Gasteiger partial charge in [-0.3, -0.25) is 0 Å². The summed E-state index contributed by atoms with van der Waals surface area (Å²) in [7, 11) is 1.67. The summed E-state index contributed by atoms with van der Waals surface area (Å²) in [6.07, 6.45) is 0. The van der Waals surface area contributed by atoms with E-state index in [0.717, 1.165) is 11.3 Å². The van der Waals surface area contributed by atoms with Crippen LogP contribution in [0.2, 0.25) is 0 Å². The van der Waals surface area contributed by atoms with Crippen molar-refractivity contribution in [3.63, 3.8) is 0 Å². The highest BCUT2D eigenvalue weighted by atomic mass is 15.1. The van der Waals surface area contributed by atoms with Crippen molar-refractivity contribution in [2.75, 3.05) is 7.05 Å². The molecule has 0 aromatic heterocycles. The third-order valence-electron chi connectivity index (χ3n) is 1.32. The lowest BCUT2D eigenvalue weighted by Gasteiger charge is -1.94. The second kappa shape index (κ2) is 11.8. The first-order valence-electron chi connectivity index (χ1n) is 5.20. The lowest BCUT2D eigenvalue weighted by Crippen LogP contribution is -1.69. The number of hydrogen-bond donors (Lipinski definition) is 0. The quantitative estimate of drug-likeness (QED) is 0.576. The third-order valence-corrected chi connectivity index (χ3v) is 1.32. The fraction of sp³-hybridized carbons (Fsp3) is 0.500. The fourth-order valence-corrected chi connectivity index (χ4v) is 0.783. The number of hydrogen-bond acceptors (Lipinski definition) is 2. The van der Waals surface area contributed by atoms with Crippen LogP contribution in [0.1, 0.15) is 33.3 Å². The Labute approximate surface area is 88.1 Å². The first-order chi connectivity index (χ1) is 6.84. The Morgan fingerprint density at radius 3 is 1.86 bits per heavy atom. The van der Waals surface area contributed by atoms with Gasteiger partial charge in [0, 0.05) is 7.05 Å². The van der Waals surface area contributed by atoms with Crippen molar-refractivity contribution in [3.8, 4) is 0 Å². The van der Waals surface area contributed by atoms with Crippen molar-refractivity contribution in [2.45, 2.75) is 34.6 Å². The lowest BCUT2D eigenvalue weighted by atomic mass is 10.2. The van der Waals surface area contributed by atoms with Gasteiger partial charge >= 0.3 is 0 Å². The molecule has 0 unspecified atom stereocenters. The Morgan fingerprint density at radius 1 is 0.929 bits per heavy atom. The number of rotatable bonds is 1. The third kappa shape index (κ3) is 6.35. The van der Waals surface area contributed by atoms with Gasteiger partial charge in [0.1, 0.15) is 0 Å². The molecule has 0 aliphatic heterocycles. The maximum absolute atomic E-state index is 3.93. The minimum Gasteiger partial charge on any atom is -0.192 e. The molecule has 0 aliphatic carbocycles. The summed E-state index contributed by atoms with van der Waals surface area (Å²) in [6, 6.07) is 7.91. The molecule has 0 heterocycles. The van der Waals surface area contributed by atoms with Gasteiger partial charge in [0.25, 0.3) is 0 Å². The van der Waals surface area contributed by atoms with Crippen LogP contribution >= 0.6 is 0 Å². The zero-order chi connectivity index (χ0) is 11.4. The summed E-state index contributed by atoms with van der Waals surface area (Å²) < 4.78 is 0. The summed E-state index contributed by atoms with van der Waals surface area (Å²) in [5.74, 6) is 0. The predicted molar refractivity (Wildman–Crippen MR) is 64.3 cm³/mol. The molecule has 0 atom stereocenters. The molecule has 0 fully saturated rings. The first kappa shape index (κ1) is 15.3. The van der Waals surface area contributed by atoms with Gasteiger partial charge in [0.2, 0.25) is 0 Å². The second-order valence-corrected chi connectivity index (χ2v) is 2.09. The second-order valence-electron chi connectivity index (χ2n) is 2.09. The van der Waals surface area contributed by atoms with Gasteiger partial charge in [-0.05, 0) is 18.6 Å². The van der Waals surface area contributed by atoms with E-state index in [4.69, 9.17) is 0 Å². The minimum atomic E-state index is 0.949. The van der Waals surface area contributed by atoms with Crippen LogP contribution in [0.4, 0.5) is 5.69 Å². The Hall–Kier alpha value is -1.18. The van der Waals surface area contributed by atoms with Crippen molar-refractivity contribution >= 4 is 5.69 Å². The van der Waals surface area contributed by atoms with E-state index in [2.05, 4.69) is 10.2 Å². The average Bonchev–Trinajstić information content (AvgIpc) is 2.28. The maximum Gasteiger partial charge on any atom is 0.0881 e. The van der Waals surface area contributed by atoms with Crippen LogP contribution in [0.3, 0.4) is 0 Å². The maximum atomic E-state index is 3.93. The van der Waals surface area contributed by atoms with E-state index in [1.165, 1.54) is 0 Å². The molecule has 0 saturated heterocycles. The zero-order valence-electron chi connectivity index (χ0n) is 10.2. The van der Waals surface area contributed by atoms with E-state index in [9.17, 15) is 0 Å². The largest absolute Gasteiger partial charge is 0.192 e. The van der Waals surface area contributed by atoms with Gasteiger partial charge in [-0.15, -0.1) is 0 Å². The Balaban J connectivity index is 0. The lowest BCUT2D eigenvalue weighted by molar-refractivity contribution is 1.15. The van der Waals surface area contributed by atoms with Crippen LogP contribution in [0, 0.1) is 6.92 Å². The summed E-state index contributed by atoms with van der Waals surface area (Å²) >= 11 is 0. The molecule has 2 nitrogen and oxygen atoms in total. The van der Waals surface area contributed by atoms with E-state index in [-0.39, 0.29) is 0 Å². The molecule has 0 aliphatic rings. The van der Waals surface area contributed by atoms with Gasteiger partial charge in [-0.1, -0.05) is 45.9 Å². The SMILES string of the molecule is CC.CC.CN=Nc1ccccc1C. The Kier molecular flexibility index (Phi) is 12.9. The van der Waals surface area contributed by atoms with Crippen LogP contribution < -0.4 is 0 Å². The number of nitrogens with zero attached hydrogens (tertiary/aromatic N) is 2. The topological polar surface area (TPSA) is 24.7 Å². The molecule has 0 bridgehead atoms. The van der Waals surface area contributed by atoms with Gasteiger partial charge < -0.3 is 0 Å². The van der Waals surface area contributed by atoms with E-state index >= 15 is 0 Å². The highest BCUT2D eigenvalue weighted by molar-refractivity contribution is 5.43. The predicted octanol–water partition coefficient (Wildman–Crippen LogP) is 4.76. The Bertz CT molecular complexity index is 242. The van der Waals surface area contributed by atoms with Crippen molar-refractivity contribution in [1.82, 2.24) is 0 Å². The van der Waals surface area contributed by atoms with Crippen molar-refractivity contribution in [2.24, 2.45) is 10.2 Å². The van der Waals surface area contributed by atoms with Crippen LogP contribution in [0.15, 0.2) is 34.5 Å². The molecule has 14 heavy (non-hydrogen) atoms. The molecule has 0 N–H and O–H groups in total. The molecular formula is C12H22N2. The van der Waals surface area contributed by atoms with E-state index < -0.39 is 0 Å². The molecule has 1 aromatic rings. The fourth-order valence-electron chi connectivity index (χ4n) is 0.783. The van der Waals surface area contributed by atoms with Gasteiger partial charge in [-0.2, -0.15) is 10.2 Å². The summed E-state index contributed by atoms with van der Waals surface area (Å²) in [5.41, 5.74) is 2.11. The summed E-state index contributed by atoms with van der Waals surface area (Å²) in [4.78, 5) is 0.